The Morgan fingerprint density at radius 2 is 1.62 bits per heavy atom. The summed E-state index contributed by atoms with van der Waals surface area (Å²) < 4.78 is 5.00. The third-order valence-electron chi connectivity index (χ3n) is 3.55. The average Bonchev–Trinajstić information content (AvgIpc) is 2.66. The minimum atomic E-state index is -0.633. The molecule has 2 aromatic carbocycles. The van der Waals surface area contributed by atoms with Crippen molar-refractivity contribution in [2.75, 3.05) is 11.9 Å². The maximum atomic E-state index is 12.1. The highest BCUT2D eigenvalue weighted by Crippen LogP contribution is 2.12. The second-order valence-corrected chi connectivity index (χ2v) is 5.56. The summed E-state index contributed by atoms with van der Waals surface area (Å²) in [5.74, 6) is -1.06. The van der Waals surface area contributed by atoms with Gasteiger partial charge in [-0.3, -0.25) is 9.59 Å². The maximum absolute atomic E-state index is 12.1. The summed E-state index contributed by atoms with van der Waals surface area (Å²) in [4.78, 5) is 35.6. The van der Waals surface area contributed by atoms with Gasteiger partial charge in [0, 0.05) is 17.7 Å². The maximum Gasteiger partial charge on any atom is 0.338 e. The molecule has 0 aliphatic rings. The van der Waals surface area contributed by atoms with Crippen LogP contribution in [0.5, 0.6) is 0 Å². The zero-order chi connectivity index (χ0) is 18.9. The number of hydrogen-bond donors (Lipinski definition) is 1. The second-order valence-electron chi connectivity index (χ2n) is 5.56. The van der Waals surface area contributed by atoms with Crippen molar-refractivity contribution in [1.29, 1.82) is 5.26 Å². The van der Waals surface area contributed by atoms with E-state index in [1.54, 1.807) is 24.3 Å². The average molecular weight is 350 g/mol. The zero-order valence-electron chi connectivity index (χ0n) is 14.3. The molecule has 1 N–H and O–H groups in total. The number of nitrogens with one attached hydrogen (secondary N) is 1. The number of ether oxygens (including phenoxy) is 1. The van der Waals surface area contributed by atoms with E-state index in [1.807, 2.05) is 13.0 Å². The first kappa shape index (κ1) is 18.9. The van der Waals surface area contributed by atoms with Crippen molar-refractivity contribution in [1.82, 2.24) is 0 Å². The smallest absolute Gasteiger partial charge is 0.338 e. The van der Waals surface area contributed by atoms with Gasteiger partial charge in [-0.2, -0.15) is 5.26 Å². The van der Waals surface area contributed by atoms with Crippen LogP contribution >= 0.6 is 0 Å². The fraction of sp³-hybridized carbons (Fsp3) is 0.200. The van der Waals surface area contributed by atoms with Gasteiger partial charge in [0.15, 0.2) is 12.4 Å². The molecule has 6 heteroatoms. The molecule has 0 aliphatic heterocycles. The van der Waals surface area contributed by atoms with Gasteiger partial charge in [-0.25, -0.2) is 4.79 Å². The minimum absolute atomic E-state index is 0.0806. The Morgan fingerprint density at radius 3 is 2.19 bits per heavy atom. The zero-order valence-corrected chi connectivity index (χ0v) is 14.3. The molecule has 0 unspecified atom stereocenters. The number of anilines is 1. The molecule has 0 bridgehead atoms. The molecule has 0 heterocycles. The first-order valence-electron chi connectivity index (χ1n) is 8.14. The van der Waals surface area contributed by atoms with Crippen LogP contribution in [0.1, 0.15) is 46.0 Å². The van der Waals surface area contributed by atoms with Gasteiger partial charge in [0.05, 0.1) is 17.2 Å². The van der Waals surface area contributed by atoms with E-state index in [9.17, 15) is 14.4 Å². The SMILES string of the molecule is CCCC(=O)Nc1ccc(C(=O)COC(=O)c2ccc(C#N)cc2)cc1. The van der Waals surface area contributed by atoms with Crippen molar-refractivity contribution in [2.24, 2.45) is 0 Å². The molecule has 0 radical (unpaired) electrons. The van der Waals surface area contributed by atoms with Gasteiger partial charge in [-0.05, 0) is 55.0 Å². The topological polar surface area (TPSA) is 96.3 Å². The summed E-state index contributed by atoms with van der Waals surface area (Å²) >= 11 is 0. The lowest BCUT2D eigenvalue weighted by Crippen LogP contribution is -2.14. The van der Waals surface area contributed by atoms with Gasteiger partial charge in [0.25, 0.3) is 0 Å². The van der Waals surface area contributed by atoms with Crippen LogP contribution in [0.2, 0.25) is 0 Å². The van der Waals surface area contributed by atoms with Crippen molar-refractivity contribution in [3.8, 4) is 6.07 Å². The van der Waals surface area contributed by atoms with Crippen LogP contribution in [0.3, 0.4) is 0 Å². The Morgan fingerprint density at radius 1 is 1.00 bits per heavy atom. The number of rotatable bonds is 7. The van der Waals surface area contributed by atoms with E-state index in [1.165, 1.54) is 24.3 Å². The molecule has 0 fully saturated rings. The molecule has 132 valence electrons. The quantitative estimate of drug-likeness (QED) is 0.610. The molecule has 0 aromatic heterocycles. The van der Waals surface area contributed by atoms with Gasteiger partial charge in [-0.15, -0.1) is 0 Å². The molecule has 6 nitrogen and oxygen atoms in total. The summed E-state index contributed by atoms with van der Waals surface area (Å²) in [5, 5.41) is 11.5. The van der Waals surface area contributed by atoms with Crippen molar-refractivity contribution in [3.63, 3.8) is 0 Å². The van der Waals surface area contributed by atoms with Crippen LogP contribution in [0, 0.1) is 11.3 Å². The van der Waals surface area contributed by atoms with E-state index in [4.69, 9.17) is 10.00 Å². The van der Waals surface area contributed by atoms with Crippen molar-refractivity contribution in [2.45, 2.75) is 19.8 Å². The van der Waals surface area contributed by atoms with Gasteiger partial charge < -0.3 is 10.1 Å². The number of benzene rings is 2. The number of ketones is 1. The molecule has 0 saturated heterocycles. The van der Waals surface area contributed by atoms with Gasteiger partial charge in [0.2, 0.25) is 5.91 Å². The standard InChI is InChI=1S/C20H18N2O4/c1-2-3-19(24)22-17-10-8-15(9-11-17)18(23)13-26-20(25)16-6-4-14(12-21)5-7-16/h4-11H,2-3,13H2,1H3,(H,22,24). The summed E-state index contributed by atoms with van der Waals surface area (Å²) in [6.45, 7) is 1.53. The number of nitriles is 1. The molecule has 0 atom stereocenters. The van der Waals surface area contributed by atoms with Crippen molar-refractivity contribution < 1.29 is 19.1 Å². The number of amides is 1. The monoisotopic (exact) mass is 350 g/mol. The fourth-order valence-corrected chi connectivity index (χ4v) is 2.17. The van der Waals surface area contributed by atoms with E-state index >= 15 is 0 Å². The highest BCUT2D eigenvalue weighted by Gasteiger charge is 2.12. The third kappa shape index (κ3) is 5.28. The van der Waals surface area contributed by atoms with Gasteiger partial charge in [-0.1, -0.05) is 6.92 Å². The third-order valence-corrected chi connectivity index (χ3v) is 3.55. The minimum Gasteiger partial charge on any atom is -0.454 e. The van der Waals surface area contributed by atoms with E-state index in [0.29, 0.717) is 23.2 Å². The van der Waals surface area contributed by atoms with E-state index in [0.717, 1.165) is 6.42 Å². The molecular formula is C20H18N2O4. The molecule has 0 spiro atoms. The second kappa shape index (κ2) is 9.14. The molecule has 26 heavy (non-hydrogen) atoms. The van der Waals surface area contributed by atoms with Crippen LogP contribution in [0.15, 0.2) is 48.5 Å². The molecule has 0 saturated carbocycles. The molecule has 0 aliphatic carbocycles. The lowest BCUT2D eigenvalue weighted by atomic mass is 10.1. The lowest BCUT2D eigenvalue weighted by molar-refractivity contribution is -0.116. The Kier molecular flexibility index (Phi) is 6.63. The predicted molar refractivity (Wildman–Crippen MR) is 95.7 cm³/mol. The Balaban J connectivity index is 1.89. The van der Waals surface area contributed by atoms with Crippen LogP contribution in [-0.2, 0) is 9.53 Å². The van der Waals surface area contributed by atoms with Crippen molar-refractivity contribution >= 4 is 23.3 Å². The van der Waals surface area contributed by atoms with Gasteiger partial charge in [0.1, 0.15) is 0 Å². The van der Waals surface area contributed by atoms with Crippen LogP contribution in [0.25, 0.3) is 0 Å². The largest absolute Gasteiger partial charge is 0.454 e. The predicted octanol–water partition coefficient (Wildman–Crippen LogP) is 3.34. The Bertz CT molecular complexity index is 834. The normalized spacial score (nSPS) is 9.85. The van der Waals surface area contributed by atoms with Gasteiger partial charge >= 0.3 is 5.97 Å². The lowest BCUT2D eigenvalue weighted by Gasteiger charge is -2.07. The molecule has 2 rings (SSSR count). The summed E-state index contributed by atoms with van der Waals surface area (Å²) in [5.41, 5.74) is 1.69. The number of carbonyl (C=O) groups is 3. The molecule has 1 amide bonds. The highest BCUT2D eigenvalue weighted by atomic mass is 16.5. The van der Waals surface area contributed by atoms with Crippen molar-refractivity contribution in [3.05, 3.63) is 65.2 Å². The van der Waals surface area contributed by atoms with Crippen LogP contribution in [-0.4, -0.2) is 24.3 Å². The van der Waals surface area contributed by atoms with E-state index in [2.05, 4.69) is 5.32 Å². The molecule has 2 aromatic rings. The fourth-order valence-electron chi connectivity index (χ4n) is 2.17. The number of hydrogen-bond acceptors (Lipinski definition) is 5. The summed E-state index contributed by atoms with van der Waals surface area (Å²) in [6, 6.07) is 14.3. The Labute approximate surface area is 151 Å². The van der Waals surface area contributed by atoms with E-state index in [-0.39, 0.29) is 23.9 Å². The number of Topliss-reactive ketones (excluding diaryl/α,β-unsaturated/α-hetero) is 1. The summed E-state index contributed by atoms with van der Waals surface area (Å²) in [7, 11) is 0. The Hall–Kier alpha value is -3.46. The summed E-state index contributed by atoms with van der Waals surface area (Å²) in [6.07, 6.45) is 1.19. The van der Waals surface area contributed by atoms with Crippen LogP contribution in [0.4, 0.5) is 5.69 Å². The number of carbonyl (C=O) groups excluding carboxylic acids is 3. The van der Waals surface area contributed by atoms with E-state index < -0.39 is 5.97 Å². The molecular weight excluding hydrogens is 332 g/mol. The number of esters is 1. The highest BCUT2D eigenvalue weighted by molar-refractivity contribution is 6.00. The first-order chi connectivity index (χ1) is 12.5. The number of nitrogens with zero attached hydrogens (tertiary/aromatic N) is 1. The first-order valence-corrected chi connectivity index (χ1v) is 8.14. The van der Waals surface area contributed by atoms with Crippen LogP contribution < -0.4 is 5.32 Å².